The van der Waals surface area contributed by atoms with Crippen LogP contribution in [0.4, 0.5) is 4.39 Å². The second kappa shape index (κ2) is 12.4. The molecule has 1 aromatic heterocycles. The molecule has 0 aliphatic carbocycles. The van der Waals surface area contributed by atoms with Crippen molar-refractivity contribution in [1.29, 1.82) is 0 Å². The minimum absolute atomic E-state index is 0.162. The SMILES string of the molecule is CCC(c1ncc(-c2ccccc2)c(=O)n1Cc1ccccc1)N(CCN(C)C)C(=O)c1ccc(F)cc1. The number of carbonyl (C=O) groups excluding carboxylic acids is 1. The van der Waals surface area contributed by atoms with Crippen molar-refractivity contribution in [3.63, 3.8) is 0 Å². The van der Waals surface area contributed by atoms with Gasteiger partial charge in [-0.2, -0.15) is 0 Å². The lowest BCUT2D eigenvalue weighted by atomic mass is 10.1. The molecule has 7 heteroatoms. The maximum atomic E-state index is 14.0. The van der Waals surface area contributed by atoms with Crippen molar-refractivity contribution in [3.05, 3.63) is 124 Å². The summed E-state index contributed by atoms with van der Waals surface area (Å²) in [4.78, 5) is 36.3. The van der Waals surface area contributed by atoms with Crippen molar-refractivity contribution >= 4 is 5.91 Å². The molecule has 0 radical (unpaired) electrons. The van der Waals surface area contributed by atoms with E-state index in [9.17, 15) is 14.0 Å². The van der Waals surface area contributed by atoms with Crippen molar-refractivity contribution in [2.75, 3.05) is 27.2 Å². The molecule has 38 heavy (non-hydrogen) atoms. The molecule has 1 amide bonds. The predicted molar refractivity (Wildman–Crippen MR) is 148 cm³/mol. The van der Waals surface area contributed by atoms with Crippen LogP contribution in [0.5, 0.6) is 0 Å². The van der Waals surface area contributed by atoms with Gasteiger partial charge in [-0.3, -0.25) is 14.2 Å². The molecular weight excluding hydrogens is 479 g/mol. The Morgan fingerprint density at radius 2 is 1.55 bits per heavy atom. The van der Waals surface area contributed by atoms with Gasteiger partial charge in [0.2, 0.25) is 0 Å². The second-order valence-corrected chi connectivity index (χ2v) is 9.51. The molecule has 1 unspecified atom stereocenters. The van der Waals surface area contributed by atoms with E-state index in [2.05, 4.69) is 0 Å². The summed E-state index contributed by atoms with van der Waals surface area (Å²) >= 11 is 0. The molecule has 0 fully saturated rings. The molecule has 4 rings (SSSR count). The van der Waals surface area contributed by atoms with E-state index in [-0.39, 0.29) is 11.5 Å². The number of nitrogens with zero attached hydrogens (tertiary/aromatic N) is 4. The van der Waals surface area contributed by atoms with Gasteiger partial charge in [0.05, 0.1) is 18.2 Å². The molecule has 0 aliphatic heterocycles. The van der Waals surface area contributed by atoms with Crippen LogP contribution in [-0.4, -0.2) is 52.4 Å². The zero-order valence-corrected chi connectivity index (χ0v) is 22.0. The first kappa shape index (κ1) is 26.9. The number of rotatable bonds is 10. The smallest absolute Gasteiger partial charge is 0.261 e. The number of hydrogen-bond donors (Lipinski definition) is 0. The second-order valence-electron chi connectivity index (χ2n) is 9.51. The Morgan fingerprint density at radius 1 is 0.921 bits per heavy atom. The number of carbonyl (C=O) groups is 1. The summed E-state index contributed by atoms with van der Waals surface area (Å²) in [5, 5.41) is 0. The lowest BCUT2D eigenvalue weighted by molar-refractivity contribution is 0.0641. The monoisotopic (exact) mass is 512 g/mol. The van der Waals surface area contributed by atoms with Crippen LogP contribution in [0.3, 0.4) is 0 Å². The fourth-order valence-corrected chi connectivity index (χ4v) is 4.51. The van der Waals surface area contributed by atoms with Gasteiger partial charge in [0, 0.05) is 24.8 Å². The first-order valence-electron chi connectivity index (χ1n) is 12.8. The van der Waals surface area contributed by atoms with E-state index in [1.165, 1.54) is 24.3 Å². The maximum Gasteiger partial charge on any atom is 0.261 e. The summed E-state index contributed by atoms with van der Waals surface area (Å²) in [5.74, 6) is -0.107. The van der Waals surface area contributed by atoms with Crippen molar-refractivity contribution in [1.82, 2.24) is 19.4 Å². The number of amides is 1. The lowest BCUT2D eigenvalue weighted by Gasteiger charge is -2.33. The summed E-state index contributed by atoms with van der Waals surface area (Å²) in [6.07, 6.45) is 2.16. The average molecular weight is 513 g/mol. The number of halogens is 1. The Bertz CT molecular complexity index is 1400. The van der Waals surface area contributed by atoms with E-state index in [4.69, 9.17) is 4.98 Å². The standard InChI is InChI=1S/C31H33FN4O2/c1-4-28(35(20-19-34(2)3)30(37)25-15-17-26(32)18-16-25)29-33-21-27(24-13-9-6-10-14-24)31(38)36(29)22-23-11-7-5-8-12-23/h5-18,21,28H,4,19-20,22H2,1-3H3. The van der Waals surface area contributed by atoms with Crippen LogP contribution in [0.15, 0.2) is 95.9 Å². The van der Waals surface area contributed by atoms with Crippen LogP contribution in [0.1, 0.15) is 41.1 Å². The number of hydrogen-bond acceptors (Lipinski definition) is 4. The fourth-order valence-electron chi connectivity index (χ4n) is 4.51. The third-order valence-electron chi connectivity index (χ3n) is 6.55. The Kier molecular flexibility index (Phi) is 8.81. The first-order valence-corrected chi connectivity index (χ1v) is 12.8. The molecule has 4 aromatic rings. The highest BCUT2D eigenvalue weighted by molar-refractivity contribution is 5.94. The molecule has 0 saturated heterocycles. The van der Waals surface area contributed by atoms with Gasteiger partial charge in [0.1, 0.15) is 11.6 Å². The minimum atomic E-state index is -0.464. The van der Waals surface area contributed by atoms with Crippen LogP contribution in [-0.2, 0) is 6.54 Å². The molecular formula is C31H33FN4O2. The summed E-state index contributed by atoms with van der Waals surface area (Å²) in [5.41, 5.74) is 2.48. The third-order valence-corrected chi connectivity index (χ3v) is 6.55. The topological polar surface area (TPSA) is 58.4 Å². The van der Waals surface area contributed by atoms with Gasteiger partial charge in [0.15, 0.2) is 0 Å². The minimum Gasteiger partial charge on any atom is -0.327 e. The normalized spacial score (nSPS) is 11.9. The molecule has 0 aliphatic rings. The van der Waals surface area contributed by atoms with E-state index >= 15 is 0 Å². The first-order chi connectivity index (χ1) is 18.4. The Hall–Kier alpha value is -4.10. The van der Waals surface area contributed by atoms with Crippen molar-refractivity contribution in [3.8, 4) is 11.1 Å². The largest absolute Gasteiger partial charge is 0.327 e. The van der Waals surface area contributed by atoms with Crippen LogP contribution >= 0.6 is 0 Å². The van der Waals surface area contributed by atoms with Gasteiger partial charge in [-0.15, -0.1) is 0 Å². The van der Waals surface area contributed by atoms with Gasteiger partial charge in [-0.05, 0) is 55.9 Å². The van der Waals surface area contributed by atoms with Gasteiger partial charge in [-0.1, -0.05) is 67.6 Å². The van der Waals surface area contributed by atoms with Gasteiger partial charge < -0.3 is 9.80 Å². The van der Waals surface area contributed by atoms with Crippen LogP contribution in [0.2, 0.25) is 0 Å². The van der Waals surface area contributed by atoms with Gasteiger partial charge >= 0.3 is 0 Å². The van der Waals surface area contributed by atoms with E-state index in [1.54, 1.807) is 15.7 Å². The van der Waals surface area contributed by atoms with Crippen LogP contribution in [0.25, 0.3) is 11.1 Å². The molecule has 1 heterocycles. The summed E-state index contributed by atoms with van der Waals surface area (Å²) < 4.78 is 15.3. The van der Waals surface area contributed by atoms with E-state index < -0.39 is 11.9 Å². The molecule has 0 N–H and O–H groups in total. The summed E-state index contributed by atoms with van der Waals surface area (Å²) in [6, 6.07) is 24.3. The van der Waals surface area contributed by atoms with Gasteiger partial charge in [0.25, 0.3) is 11.5 Å². The van der Waals surface area contributed by atoms with E-state index in [0.717, 1.165) is 11.1 Å². The van der Waals surface area contributed by atoms with Crippen molar-refractivity contribution in [2.45, 2.75) is 25.9 Å². The molecule has 3 aromatic carbocycles. The molecule has 0 bridgehead atoms. The van der Waals surface area contributed by atoms with Crippen molar-refractivity contribution < 1.29 is 9.18 Å². The molecule has 0 saturated carbocycles. The fraction of sp³-hybridized carbons (Fsp3) is 0.258. The highest BCUT2D eigenvalue weighted by atomic mass is 19.1. The summed E-state index contributed by atoms with van der Waals surface area (Å²) in [6.45, 7) is 3.35. The number of benzene rings is 3. The Labute approximate surface area is 223 Å². The molecule has 1 atom stereocenters. The van der Waals surface area contributed by atoms with Crippen LogP contribution in [0, 0.1) is 5.82 Å². The Balaban J connectivity index is 1.84. The van der Waals surface area contributed by atoms with E-state index in [0.29, 0.717) is 43.0 Å². The quantitative estimate of drug-likeness (QED) is 0.291. The number of aromatic nitrogens is 2. The Morgan fingerprint density at radius 3 is 2.16 bits per heavy atom. The highest BCUT2D eigenvalue weighted by Crippen LogP contribution is 2.26. The van der Waals surface area contributed by atoms with Crippen molar-refractivity contribution in [2.24, 2.45) is 0 Å². The highest BCUT2D eigenvalue weighted by Gasteiger charge is 2.29. The molecule has 6 nitrogen and oxygen atoms in total. The average Bonchev–Trinajstić information content (AvgIpc) is 2.93. The summed E-state index contributed by atoms with van der Waals surface area (Å²) in [7, 11) is 3.89. The maximum absolute atomic E-state index is 14.0. The van der Waals surface area contributed by atoms with Crippen LogP contribution < -0.4 is 5.56 Å². The zero-order chi connectivity index (χ0) is 27.1. The lowest BCUT2D eigenvalue weighted by Crippen LogP contribution is -2.42. The third kappa shape index (κ3) is 6.23. The molecule has 196 valence electrons. The molecule has 0 spiro atoms. The van der Waals surface area contributed by atoms with E-state index in [1.807, 2.05) is 86.6 Å². The number of likely N-dealkylation sites (N-methyl/N-ethyl adjacent to an activating group) is 1. The van der Waals surface area contributed by atoms with Gasteiger partial charge in [-0.25, -0.2) is 9.37 Å². The predicted octanol–water partition coefficient (Wildman–Crippen LogP) is 5.25. The zero-order valence-electron chi connectivity index (χ0n) is 22.0.